The van der Waals surface area contributed by atoms with Crippen molar-refractivity contribution >= 4 is 34.7 Å². The Morgan fingerprint density at radius 3 is 2.73 bits per heavy atom. The SMILES string of the molecule is Cc1csc(Sc2ccc(NC(=O)c3cc(-c4ccco4)on3)cc2)n1. The standard InChI is InChI=1S/C18H13N3O3S2/c1-11-10-25-18(19-11)26-13-6-4-12(5-7-13)20-17(22)14-9-16(24-21-14)15-3-2-8-23-15/h2-10H,1H3,(H,20,22). The molecular formula is C18H13N3O3S2. The van der Waals surface area contributed by atoms with Crippen molar-refractivity contribution in [2.75, 3.05) is 5.32 Å². The van der Waals surface area contributed by atoms with Crippen molar-refractivity contribution in [3.05, 3.63) is 65.5 Å². The van der Waals surface area contributed by atoms with E-state index < -0.39 is 0 Å². The van der Waals surface area contributed by atoms with Crippen LogP contribution < -0.4 is 5.32 Å². The highest BCUT2D eigenvalue weighted by atomic mass is 32.2. The number of amides is 1. The maximum absolute atomic E-state index is 12.3. The van der Waals surface area contributed by atoms with E-state index in [1.165, 1.54) is 6.26 Å². The van der Waals surface area contributed by atoms with E-state index in [9.17, 15) is 4.79 Å². The summed E-state index contributed by atoms with van der Waals surface area (Å²) in [5, 5.41) is 8.60. The number of hydrogen-bond donors (Lipinski definition) is 1. The van der Waals surface area contributed by atoms with Crippen LogP contribution in [0.1, 0.15) is 16.2 Å². The van der Waals surface area contributed by atoms with Gasteiger partial charge >= 0.3 is 0 Å². The Bertz CT molecular complexity index is 1020. The third kappa shape index (κ3) is 3.71. The van der Waals surface area contributed by atoms with Gasteiger partial charge in [0.25, 0.3) is 5.91 Å². The average molecular weight is 383 g/mol. The molecule has 0 fully saturated rings. The van der Waals surface area contributed by atoms with Crippen molar-refractivity contribution in [2.24, 2.45) is 0 Å². The molecule has 4 aromatic rings. The quantitative estimate of drug-likeness (QED) is 0.516. The fraction of sp³-hybridized carbons (Fsp3) is 0.0556. The first-order valence-electron chi connectivity index (χ1n) is 7.69. The first kappa shape index (κ1) is 16.6. The van der Waals surface area contributed by atoms with Crippen LogP contribution in [0.4, 0.5) is 5.69 Å². The van der Waals surface area contributed by atoms with E-state index in [0.29, 0.717) is 17.2 Å². The van der Waals surface area contributed by atoms with Crippen LogP contribution in [0, 0.1) is 6.92 Å². The maximum atomic E-state index is 12.3. The number of thiazole rings is 1. The molecule has 0 aliphatic heterocycles. The van der Waals surface area contributed by atoms with Crippen molar-refractivity contribution in [3.8, 4) is 11.5 Å². The van der Waals surface area contributed by atoms with E-state index >= 15 is 0 Å². The molecule has 130 valence electrons. The summed E-state index contributed by atoms with van der Waals surface area (Å²) in [6.45, 7) is 1.97. The summed E-state index contributed by atoms with van der Waals surface area (Å²) in [6, 6.07) is 12.6. The summed E-state index contributed by atoms with van der Waals surface area (Å²) >= 11 is 3.20. The lowest BCUT2D eigenvalue weighted by molar-refractivity contribution is 0.101. The predicted octanol–water partition coefficient (Wildman–Crippen LogP) is 5.10. The molecule has 1 amide bonds. The number of carbonyl (C=O) groups is 1. The molecule has 0 atom stereocenters. The molecule has 0 aliphatic rings. The smallest absolute Gasteiger partial charge is 0.277 e. The lowest BCUT2D eigenvalue weighted by Crippen LogP contribution is -2.11. The van der Waals surface area contributed by atoms with E-state index in [4.69, 9.17) is 8.94 Å². The molecule has 0 saturated carbocycles. The van der Waals surface area contributed by atoms with Crippen molar-refractivity contribution in [2.45, 2.75) is 16.2 Å². The zero-order chi connectivity index (χ0) is 17.9. The monoisotopic (exact) mass is 383 g/mol. The number of furan rings is 1. The predicted molar refractivity (Wildman–Crippen MR) is 99.6 cm³/mol. The molecule has 0 saturated heterocycles. The molecule has 0 radical (unpaired) electrons. The number of nitrogens with one attached hydrogen (secondary N) is 1. The second-order valence-corrected chi connectivity index (χ2v) is 7.57. The van der Waals surface area contributed by atoms with Gasteiger partial charge in [-0.1, -0.05) is 16.9 Å². The second-order valence-electron chi connectivity index (χ2n) is 5.39. The highest BCUT2D eigenvalue weighted by Gasteiger charge is 2.15. The summed E-state index contributed by atoms with van der Waals surface area (Å²) in [4.78, 5) is 17.8. The van der Waals surface area contributed by atoms with Crippen molar-refractivity contribution in [3.63, 3.8) is 0 Å². The van der Waals surface area contributed by atoms with E-state index in [0.717, 1.165) is 14.9 Å². The van der Waals surface area contributed by atoms with Gasteiger partial charge in [0.15, 0.2) is 15.8 Å². The van der Waals surface area contributed by atoms with Gasteiger partial charge < -0.3 is 14.3 Å². The number of hydrogen-bond acceptors (Lipinski definition) is 7. The van der Waals surface area contributed by atoms with Gasteiger partial charge in [0.1, 0.15) is 0 Å². The minimum Gasteiger partial charge on any atom is -0.461 e. The number of nitrogens with zero attached hydrogens (tertiary/aromatic N) is 2. The molecular weight excluding hydrogens is 370 g/mol. The summed E-state index contributed by atoms with van der Waals surface area (Å²) < 4.78 is 11.4. The second kappa shape index (κ2) is 7.19. The Balaban J connectivity index is 1.41. The lowest BCUT2D eigenvalue weighted by Gasteiger charge is -2.04. The fourth-order valence-electron chi connectivity index (χ4n) is 2.20. The third-order valence-electron chi connectivity index (χ3n) is 3.42. The minimum atomic E-state index is -0.345. The average Bonchev–Trinajstić information content (AvgIpc) is 3.37. The molecule has 1 N–H and O–H groups in total. The zero-order valence-electron chi connectivity index (χ0n) is 13.6. The maximum Gasteiger partial charge on any atom is 0.277 e. The van der Waals surface area contributed by atoms with E-state index in [-0.39, 0.29) is 11.6 Å². The number of carbonyl (C=O) groups excluding carboxylic acids is 1. The van der Waals surface area contributed by atoms with Gasteiger partial charge in [0.2, 0.25) is 5.76 Å². The first-order valence-corrected chi connectivity index (χ1v) is 9.39. The van der Waals surface area contributed by atoms with Crippen LogP contribution in [0.5, 0.6) is 0 Å². The van der Waals surface area contributed by atoms with Crippen LogP contribution in [-0.2, 0) is 0 Å². The molecule has 1 aromatic carbocycles. The molecule has 4 rings (SSSR count). The van der Waals surface area contributed by atoms with Gasteiger partial charge in [-0.05, 0) is 43.3 Å². The largest absolute Gasteiger partial charge is 0.461 e. The Morgan fingerprint density at radius 2 is 2.04 bits per heavy atom. The number of rotatable bonds is 5. The highest BCUT2D eigenvalue weighted by Crippen LogP contribution is 2.31. The molecule has 0 bridgehead atoms. The van der Waals surface area contributed by atoms with Gasteiger partial charge in [-0.25, -0.2) is 4.98 Å². The van der Waals surface area contributed by atoms with Crippen LogP contribution in [0.15, 0.2) is 72.3 Å². The number of aryl methyl sites for hydroxylation is 1. The van der Waals surface area contributed by atoms with Gasteiger partial charge in [0.05, 0.1) is 6.26 Å². The van der Waals surface area contributed by atoms with E-state index in [1.54, 1.807) is 41.3 Å². The fourth-order valence-corrected chi connectivity index (χ4v) is 4.01. The Labute approximate surface area is 157 Å². The number of benzene rings is 1. The molecule has 3 aromatic heterocycles. The molecule has 3 heterocycles. The van der Waals surface area contributed by atoms with Gasteiger partial charge in [-0.15, -0.1) is 11.3 Å². The van der Waals surface area contributed by atoms with Crippen LogP contribution in [-0.4, -0.2) is 16.0 Å². The topological polar surface area (TPSA) is 81.2 Å². The van der Waals surface area contributed by atoms with Crippen molar-refractivity contribution in [1.29, 1.82) is 0 Å². The third-order valence-corrected chi connectivity index (χ3v) is 5.49. The van der Waals surface area contributed by atoms with Gasteiger partial charge in [-0.2, -0.15) is 0 Å². The summed E-state index contributed by atoms with van der Waals surface area (Å²) in [7, 11) is 0. The molecule has 26 heavy (non-hydrogen) atoms. The number of aromatic nitrogens is 2. The Kier molecular flexibility index (Phi) is 4.59. The Morgan fingerprint density at radius 1 is 1.19 bits per heavy atom. The zero-order valence-corrected chi connectivity index (χ0v) is 15.3. The Hall–Kier alpha value is -2.84. The molecule has 0 spiro atoms. The summed E-state index contributed by atoms with van der Waals surface area (Å²) in [5.41, 5.74) is 1.88. The van der Waals surface area contributed by atoms with Crippen LogP contribution >= 0.6 is 23.1 Å². The first-order chi connectivity index (χ1) is 12.7. The van der Waals surface area contributed by atoms with Crippen LogP contribution in [0.25, 0.3) is 11.5 Å². The highest BCUT2D eigenvalue weighted by molar-refractivity contribution is 8.01. The van der Waals surface area contributed by atoms with Gasteiger partial charge in [-0.3, -0.25) is 4.79 Å². The normalized spacial score (nSPS) is 10.8. The van der Waals surface area contributed by atoms with Crippen LogP contribution in [0.3, 0.4) is 0 Å². The summed E-state index contributed by atoms with van der Waals surface area (Å²) in [5.74, 6) is 0.587. The summed E-state index contributed by atoms with van der Waals surface area (Å²) in [6.07, 6.45) is 1.53. The molecule has 0 aliphatic carbocycles. The van der Waals surface area contributed by atoms with Crippen molar-refractivity contribution in [1.82, 2.24) is 10.1 Å². The van der Waals surface area contributed by atoms with Gasteiger partial charge in [0, 0.05) is 27.7 Å². The minimum absolute atomic E-state index is 0.188. The molecule has 6 nitrogen and oxygen atoms in total. The van der Waals surface area contributed by atoms with E-state index in [2.05, 4.69) is 15.5 Å². The van der Waals surface area contributed by atoms with Crippen LogP contribution in [0.2, 0.25) is 0 Å². The lowest BCUT2D eigenvalue weighted by atomic mass is 10.3. The molecule has 8 heteroatoms. The van der Waals surface area contributed by atoms with Crippen molar-refractivity contribution < 1.29 is 13.7 Å². The number of anilines is 1. The van der Waals surface area contributed by atoms with E-state index in [1.807, 2.05) is 36.6 Å². The molecule has 0 unspecified atom stereocenters.